The van der Waals surface area contributed by atoms with E-state index in [2.05, 4.69) is 10.3 Å². The number of rotatable bonds is 3. The molecule has 1 N–H and O–H groups in total. The molecule has 0 atom stereocenters. The number of nitro benzene ring substituents is 1. The van der Waals surface area contributed by atoms with Gasteiger partial charge in [-0.25, -0.2) is 0 Å². The average Bonchev–Trinajstić information content (AvgIpc) is 2.48. The SMILES string of the molecule is O=[N+]([O-])c1ccc(Nc2ccccc2)c2cnccc12. The first-order valence-corrected chi connectivity index (χ1v) is 6.09. The van der Waals surface area contributed by atoms with Gasteiger partial charge in [0.2, 0.25) is 0 Å². The van der Waals surface area contributed by atoms with Crippen molar-refractivity contribution < 1.29 is 4.92 Å². The molecule has 0 saturated carbocycles. The maximum atomic E-state index is 11.0. The van der Waals surface area contributed by atoms with Crippen molar-refractivity contribution in [1.29, 1.82) is 0 Å². The third-order valence-electron chi connectivity index (χ3n) is 3.04. The van der Waals surface area contributed by atoms with Gasteiger partial charge in [0.25, 0.3) is 5.69 Å². The Hall–Kier alpha value is -2.95. The minimum absolute atomic E-state index is 0.0843. The third-order valence-corrected chi connectivity index (χ3v) is 3.04. The van der Waals surface area contributed by atoms with E-state index in [-0.39, 0.29) is 10.6 Å². The first-order chi connectivity index (χ1) is 9.75. The van der Waals surface area contributed by atoms with Crippen molar-refractivity contribution in [3.8, 4) is 0 Å². The van der Waals surface area contributed by atoms with E-state index in [0.717, 1.165) is 16.8 Å². The number of para-hydroxylation sites is 1. The summed E-state index contributed by atoms with van der Waals surface area (Å²) in [5.74, 6) is 0. The molecule has 0 unspecified atom stereocenters. The van der Waals surface area contributed by atoms with E-state index in [9.17, 15) is 10.1 Å². The molecule has 1 aromatic heterocycles. The minimum atomic E-state index is -0.380. The van der Waals surface area contributed by atoms with Crippen molar-refractivity contribution in [2.24, 2.45) is 0 Å². The Morgan fingerprint density at radius 2 is 1.80 bits per heavy atom. The number of fused-ring (bicyclic) bond motifs is 1. The Morgan fingerprint density at radius 3 is 2.55 bits per heavy atom. The van der Waals surface area contributed by atoms with Crippen molar-refractivity contribution in [2.45, 2.75) is 0 Å². The Morgan fingerprint density at radius 1 is 1.00 bits per heavy atom. The van der Waals surface area contributed by atoms with Crippen LogP contribution in [0, 0.1) is 10.1 Å². The number of nitrogens with one attached hydrogen (secondary N) is 1. The molecule has 5 heteroatoms. The van der Waals surface area contributed by atoms with E-state index < -0.39 is 0 Å². The van der Waals surface area contributed by atoms with E-state index in [0.29, 0.717) is 5.39 Å². The molecule has 0 aliphatic carbocycles. The molecular formula is C15H11N3O2. The van der Waals surface area contributed by atoms with Crippen molar-refractivity contribution in [3.05, 3.63) is 71.0 Å². The summed E-state index contributed by atoms with van der Waals surface area (Å²) in [7, 11) is 0. The van der Waals surface area contributed by atoms with Crippen molar-refractivity contribution in [3.63, 3.8) is 0 Å². The molecule has 20 heavy (non-hydrogen) atoms. The second kappa shape index (κ2) is 4.97. The molecule has 0 aliphatic heterocycles. The Bertz CT molecular complexity index is 772. The molecule has 0 saturated heterocycles. The van der Waals surface area contributed by atoms with E-state index in [1.165, 1.54) is 6.07 Å². The number of hydrogen-bond donors (Lipinski definition) is 1. The summed E-state index contributed by atoms with van der Waals surface area (Å²) in [6, 6.07) is 14.5. The predicted octanol–water partition coefficient (Wildman–Crippen LogP) is 3.89. The van der Waals surface area contributed by atoms with Gasteiger partial charge in [0.15, 0.2) is 0 Å². The highest BCUT2D eigenvalue weighted by Crippen LogP contribution is 2.32. The van der Waals surface area contributed by atoms with E-state index in [4.69, 9.17) is 0 Å². The molecule has 0 aliphatic rings. The molecule has 0 spiro atoms. The Kier molecular flexibility index (Phi) is 3.01. The lowest BCUT2D eigenvalue weighted by molar-refractivity contribution is -0.383. The highest BCUT2D eigenvalue weighted by molar-refractivity contribution is 6.00. The second-order valence-electron chi connectivity index (χ2n) is 4.30. The quantitative estimate of drug-likeness (QED) is 0.576. The monoisotopic (exact) mass is 265 g/mol. The smallest absolute Gasteiger partial charge is 0.277 e. The number of nitrogens with zero attached hydrogens (tertiary/aromatic N) is 2. The van der Waals surface area contributed by atoms with Crippen LogP contribution in [0.25, 0.3) is 10.8 Å². The zero-order chi connectivity index (χ0) is 13.9. The number of pyridine rings is 1. The van der Waals surface area contributed by atoms with Crippen LogP contribution in [0.5, 0.6) is 0 Å². The van der Waals surface area contributed by atoms with Gasteiger partial charge in [-0.05, 0) is 24.3 Å². The van der Waals surface area contributed by atoms with Crippen LogP contribution in [0.2, 0.25) is 0 Å². The van der Waals surface area contributed by atoms with Gasteiger partial charge in [-0.1, -0.05) is 18.2 Å². The molecule has 0 amide bonds. The second-order valence-corrected chi connectivity index (χ2v) is 4.30. The molecule has 0 bridgehead atoms. The largest absolute Gasteiger partial charge is 0.355 e. The van der Waals surface area contributed by atoms with Crippen LogP contribution in [0.4, 0.5) is 17.1 Å². The number of benzene rings is 2. The van der Waals surface area contributed by atoms with Gasteiger partial charge >= 0.3 is 0 Å². The first kappa shape index (κ1) is 12.1. The minimum Gasteiger partial charge on any atom is -0.355 e. The van der Waals surface area contributed by atoms with E-state index in [1.54, 1.807) is 24.5 Å². The molecule has 5 nitrogen and oxygen atoms in total. The number of nitro groups is 1. The summed E-state index contributed by atoms with van der Waals surface area (Å²) in [6.45, 7) is 0. The van der Waals surface area contributed by atoms with E-state index in [1.807, 2.05) is 30.3 Å². The molecule has 3 aromatic rings. The summed E-state index contributed by atoms with van der Waals surface area (Å²) in [6.07, 6.45) is 3.19. The van der Waals surface area contributed by atoms with Gasteiger partial charge in [0.1, 0.15) is 0 Å². The number of anilines is 2. The Balaban J connectivity index is 2.13. The maximum absolute atomic E-state index is 11.0. The fourth-order valence-corrected chi connectivity index (χ4v) is 2.12. The lowest BCUT2D eigenvalue weighted by atomic mass is 10.1. The zero-order valence-electron chi connectivity index (χ0n) is 10.5. The lowest BCUT2D eigenvalue weighted by Crippen LogP contribution is -1.95. The van der Waals surface area contributed by atoms with Gasteiger partial charge < -0.3 is 5.32 Å². The summed E-state index contributed by atoms with van der Waals surface area (Å²) in [5.41, 5.74) is 1.80. The first-order valence-electron chi connectivity index (χ1n) is 6.09. The number of aromatic nitrogens is 1. The van der Waals surface area contributed by atoms with E-state index >= 15 is 0 Å². The number of non-ortho nitro benzene ring substituents is 1. The van der Waals surface area contributed by atoms with Gasteiger partial charge in [0, 0.05) is 35.2 Å². The summed E-state index contributed by atoms with van der Waals surface area (Å²) in [5, 5.41) is 15.6. The van der Waals surface area contributed by atoms with Crippen LogP contribution < -0.4 is 5.32 Å². The zero-order valence-corrected chi connectivity index (χ0v) is 10.5. The van der Waals surface area contributed by atoms with Crippen LogP contribution in [0.1, 0.15) is 0 Å². The molecule has 0 radical (unpaired) electrons. The maximum Gasteiger partial charge on any atom is 0.277 e. The van der Waals surface area contributed by atoms with Crippen LogP contribution in [-0.4, -0.2) is 9.91 Å². The van der Waals surface area contributed by atoms with Crippen molar-refractivity contribution in [2.75, 3.05) is 5.32 Å². The molecule has 0 fully saturated rings. The number of hydrogen-bond acceptors (Lipinski definition) is 4. The highest BCUT2D eigenvalue weighted by Gasteiger charge is 2.14. The summed E-state index contributed by atoms with van der Waals surface area (Å²) < 4.78 is 0. The fraction of sp³-hybridized carbons (Fsp3) is 0. The lowest BCUT2D eigenvalue weighted by Gasteiger charge is -2.09. The van der Waals surface area contributed by atoms with Crippen molar-refractivity contribution in [1.82, 2.24) is 4.98 Å². The third kappa shape index (κ3) is 2.16. The molecule has 3 rings (SSSR count). The average molecular weight is 265 g/mol. The Labute approximate surface area is 115 Å². The van der Waals surface area contributed by atoms with Crippen LogP contribution >= 0.6 is 0 Å². The van der Waals surface area contributed by atoms with Crippen LogP contribution in [-0.2, 0) is 0 Å². The topological polar surface area (TPSA) is 68.1 Å². The van der Waals surface area contributed by atoms with Gasteiger partial charge in [-0.3, -0.25) is 15.1 Å². The van der Waals surface area contributed by atoms with Crippen LogP contribution in [0.3, 0.4) is 0 Å². The van der Waals surface area contributed by atoms with Gasteiger partial charge in [0.05, 0.1) is 10.3 Å². The van der Waals surface area contributed by atoms with Crippen molar-refractivity contribution >= 4 is 27.8 Å². The van der Waals surface area contributed by atoms with Crippen LogP contribution in [0.15, 0.2) is 60.9 Å². The molecule has 1 heterocycles. The van der Waals surface area contributed by atoms with Gasteiger partial charge in [-0.2, -0.15) is 0 Å². The standard InChI is InChI=1S/C15H11N3O2/c19-18(20)15-7-6-14(13-10-16-9-8-12(13)15)17-11-4-2-1-3-5-11/h1-10,17H. The fourth-order valence-electron chi connectivity index (χ4n) is 2.12. The normalized spacial score (nSPS) is 10.4. The molecule has 2 aromatic carbocycles. The highest BCUT2D eigenvalue weighted by atomic mass is 16.6. The summed E-state index contributed by atoms with van der Waals surface area (Å²) >= 11 is 0. The molecule has 98 valence electrons. The molecular weight excluding hydrogens is 254 g/mol. The predicted molar refractivity (Wildman–Crippen MR) is 78.1 cm³/mol. The van der Waals surface area contributed by atoms with Gasteiger partial charge in [-0.15, -0.1) is 0 Å². The summed E-state index contributed by atoms with van der Waals surface area (Å²) in [4.78, 5) is 14.7.